The highest BCUT2D eigenvalue weighted by Gasteiger charge is 2.11. The standard InChI is InChI=1S/C14H12FNOS/c1-18-13-9-5-2-6-10(13)14(17)16-12-8-4-3-7-11(12)15/h2-9H,1H3,(H,16,17). The van der Waals surface area contributed by atoms with Crippen LogP contribution < -0.4 is 5.32 Å². The summed E-state index contributed by atoms with van der Waals surface area (Å²) in [5.41, 5.74) is 0.742. The van der Waals surface area contributed by atoms with E-state index in [-0.39, 0.29) is 11.6 Å². The van der Waals surface area contributed by atoms with Crippen molar-refractivity contribution in [2.75, 3.05) is 11.6 Å². The molecule has 0 aliphatic rings. The lowest BCUT2D eigenvalue weighted by Gasteiger charge is -2.08. The van der Waals surface area contributed by atoms with Crippen molar-refractivity contribution in [1.82, 2.24) is 0 Å². The second-order valence-corrected chi connectivity index (χ2v) is 4.48. The van der Waals surface area contributed by atoms with Crippen molar-refractivity contribution in [3.8, 4) is 0 Å². The predicted octanol–water partition coefficient (Wildman–Crippen LogP) is 3.80. The Bertz CT molecular complexity index is 571. The quantitative estimate of drug-likeness (QED) is 0.851. The van der Waals surface area contributed by atoms with Gasteiger partial charge in [-0.25, -0.2) is 4.39 Å². The van der Waals surface area contributed by atoms with Crippen LogP contribution in [0.4, 0.5) is 10.1 Å². The van der Waals surface area contributed by atoms with Crippen molar-refractivity contribution in [1.29, 1.82) is 0 Å². The lowest BCUT2D eigenvalue weighted by atomic mass is 10.2. The van der Waals surface area contributed by atoms with Crippen LogP contribution in [0.25, 0.3) is 0 Å². The molecule has 0 aliphatic heterocycles. The number of benzene rings is 2. The van der Waals surface area contributed by atoms with Gasteiger partial charge in [0.2, 0.25) is 0 Å². The van der Waals surface area contributed by atoms with Gasteiger partial charge in [0.25, 0.3) is 5.91 Å². The number of hydrogen-bond donors (Lipinski definition) is 1. The Morgan fingerprint density at radius 3 is 2.50 bits per heavy atom. The van der Waals surface area contributed by atoms with Gasteiger partial charge in [0.1, 0.15) is 5.82 Å². The van der Waals surface area contributed by atoms with E-state index in [0.29, 0.717) is 5.56 Å². The van der Waals surface area contributed by atoms with E-state index in [1.54, 1.807) is 24.3 Å². The molecular weight excluding hydrogens is 249 g/mol. The fourth-order valence-corrected chi connectivity index (χ4v) is 2.18. The van der Waals surface area contributed by atoms with Gasteiger partial charge in [-0.3, -0.25) is 4.79 Å². The minimum atomic E-state index is -0.438. The SMILES string of the molecule is CSc1ccccc1C(=O)Nc1ccccc1F. The predicted molar refractivity (Wildman–Crippen MR) is 72.6 cm³/mol. The van der Waals surface area contributed by atoms with Crippen LogP contribution in [0, 0.1) is 5.82 Å². The van der Waals surface area contributed by atoms with E-state index in [1.807, 2.05) is 18.4 Å². The number of rotatable bonds is 3. The Morgan fingerprint density at radius 2 is 1.78 bits per heavy atom. The van der Waals surface area contributed by atoms with Gasteiger partial charge in [-0.05, 0) is 30.5 Å². The van der Waals surface area contributed by atoms with Gasteiger partial charge in [-0.1, -0.05) is 24.3 Å². The summed E-state index contributed by atoms with van der Waals surface area (Å²) >= 11 is 1.48. The van der Waals surface area contributed by atoms with E-state index >= 15 is 0 Å². The van der Waals surface area contributed by atoms with Crippen LogP contribution >= 0.6 is 11.8 Å². The molecule has 1 N–H and O–H groups in total. The van der Waals surface area contributed by atoms with E-state index in [1.165, 1.54) is 23.9 Å². The number of amides is 1. The highest BCUT2D eigenvalue weighted by molar-refractivity contribution is 7.98. The third kappa shape index (κ3) is 2.71. The lowest BCUT2D eigenvalue weighted by molar-refractivity contribution is 0.102. The first kappa shape index (κ1) is 12.6. The number of carbonyl (C=O) groups is 1. The van der Waals surface area contributed by atoms with Gasteiger partial charge in [0.05, 0.1) is 11.3 Å². The first-order valence-corrected chi connectivity index (χ1v) is 6.63. The average molecular weight is 261 g/mol. The molecule has 2 nitrogen and oxygen atoms in total. The highest BCUT2D eigenvalue weighted by Crippen LogP contribution is 2.21. The van der Waals surface area contributed by atoms with Crippen molar-refractivity contribution >= 4 is 23.4 Å². The van der Waals surface area contributed by atoms with Crippen LogP contribution in [0.15, 0.2) is 53.4 Å². The zero-order chi connectivity index (χ0) is 13.0. The topological polar surface area (TPSA) is 29.1 Å². The molecule has 0 heterocycles. The molecule has 0 fully saturated rings. The Kier molecular flexibility index (Phi) is 3.99. The van der Waals surface area contributed by atoms with E-state index in [0.717, 1.165) is 4.90 Å². The lowest BCUT2D eigenvalue weighted by Crippen LogP contribution is -2.13. The minimum absolute atomic E-state index is 0.193. The molecule has 0 saturated carbocycles. The van der Waals surface area contributed by atoms with Crippen LogP contribution in [-0.4, -0.2) is 12.2 Å². The maximum Gasteiger partial charge on any atom is 0.256 e. The average Bonchev–Trinajstić information content (AvgIpc) is 2.41. The molecule has 0 aliphatic carbocycles. The number of nitrogens with one attached hydrogen (secondary N) is 1. The molecule has 1 amide bonds. The molecule has 2 aromatic rings. The highest BCUT2D eigenvalue weighted by atomic mass is 32.2. The first-order valence-electron chi connectivity index (χ1n) is 5.41. The van der Waals surface area contributed by atoms with Gasteiger partial charge in [-0.15, -0.1) is 11.8 Å². The fraction of sp³-hybridized carbons (Fsp3) is 0.0714. The van der Waals surface area contributed by atoms with Crippen molar-refractivity contribution in [2.45, 2.75) is 4.90 Å². The molecule has 2 rings (SSSR count). The normalized spacial score (nSPS) is 10.1. The molecule has 4 heteroatoms. The summed E-state index contributed by atoms with van der Waals surface area (Å²) in [4.78, 5) is 12.9. The number of halogens is 1. The number of para-hydroxylation sites is 1. The maximum absolute atomic E-state index is 13.4. The molecule has 0 radical (unpaired) electrons. The van der Waals surface area contributed by atoms with Crippen LogP contribution in [0.5, 0.6) is 0 Å². The van der Waals surface area contributed by atoms with Crippen molar-refractivity contribution in [3.05, 3.63) is 59.9 Å². The summed E-state index contributed by atoms with van der Waals surface area (Å²) in [5, 5.41) is 2.57. The number of hydrogen-bond acceptors (Lipinski definition) is 2. The maximum atomic E-state index is 13.4. The third-order valence-corrected chi connectivity index (χ3v) is 3.27. The molecule has 0 aromatic heterocycles. The van der Waals surface area contributed by atoms with Crippen LogP contribution in [0.1, 0.15) is 10.4 Å². The summed E-state index contributed by atoms with van der Waals surface area (Å²) in [5.74, 6) is -0.738. The Morgan fingerprint density at radius 1 is 1.11 bits per heavy atom. The molecular formula is C14H12FNOS. The number of carbonyl (C=O) groups excluding carboxylic acids is 1. The molecule has 0 spiro atoms. The summed E-state index contributed by atoms with van der Waals surface area (Å²) in [7, 11) is 0. The second-order valence-electron chi connectivity index (χ2n) is 3.63. The number of thioether (sulfide) groups is 1. The van der Waals surface area contributed by atoms with Crippen LogP contribution in [-0.2, 0) is 0 Å². The molecule has 0 atom stereocenters. The minimum Gasteiger partial charge on any atom is -0.319 e. The molecule has 92 valence electrons. The molecule has 0 bridgehead atoms. The third-order valence-electron chi connectivity index (χ3n) is 2.47. The van der Waals surface area contributed by atoms with E-state index in [4.69, 9.17) is 0 Å². The largest absolute Gasteiger partial charge is 0.319 e. The fourth-order valence-electron chi connectivity index (χ4n) is 1.58. The molecule has 0 unspecified atom stereocenters. The van der Waals surface area contributed by atoms with Crippen LogP contribution in [0.3, 0.4) is 0 Å². The number of anilines is 1. The van der Waals surface area contributed by atoms with Gasteiger partial charge in [0, 0.05) is 4.90 Å². The van der Waals surface area contributed by atoms with Gasteiger partial charge in [-0.2, -0.15) is 0 Å². The molecule has 18 heavy (non-hydrogen) atoms. The van der Waals surface area contributed by atoms with Crippen LogP contribution in [0.2, 0.25) is 0 Å². The summed E-state index contributed by atoms with van der Waals surface area (Å²) in [6.07, 6.45) is 1.90. The van der Waals surface area contributed by atoms with Crippen molar-refractivity contribution in [2.24, 2.45) is 0 Å². The zero-order valence-corrected chi connectivity index (χ0v) is 10.6. The monoisotopic (exact) mass is 261 g/mol. The second kappa shape index (κ2) is 5.69. The van der Waals surface area contributed by atoms with E-state index < -0.39 is 5.82 Å². The van der Waals surface area contributed by atoms with Crippen molar-refractivity contribution in [3.63, 3.8) is 0 Å². The van der Waals surface area contributed by atoms with E-state index in [2.05, 4.69) is 5.32 Å². The van der Waals surface area contributed by atoms with E-state index in [9.17, 15) is 9.18 Å². The molecule has 2 aromatic carbocycles. The first-order chi connectivity index (χ1) is 8.72. The van der Waals surface area contributed by atoms with Gasteiger partial charge >= 0.3 is 0 Å². The Labute approximate surface area is 109 Å². The molecule has 0 saturated heterocycles. The summed E-state index contributed by atoms with van der Waals surface area (Å²) in [6, 6.07) is 13.4. The Hall–Kier alpha value is -1.81. The van der Waals surface area contributed by atoms with Gasteiger partial charge in [0.15, 0.2) is 0 Å². The summed E-state index contributed by atoms with van der Waals surface area (Å²) in [6.45, 7) is 0. The van der Waals surface area contributed by atoms with Crippen molar-refractivity contribution < 1.29 is 9.18 Å². The Balaban J connectivity index is 2.25. The summed E-state index contributed by atoms with van der Waals surface area (Å²) < 4.78 is 13.4. The smallest absolute Gasteiger partial charge is 0.256 e. The zero-order valence-electron chi connectivity index (χ0n) is 9.81. The van der Waals surface area contributed by atoms with Gasteiger partial charge < -0.3 is 5.32 Å².